The van der Waals surface area contributed by atoms with Gasteiger partial charge < -0.3 is 25.4 Å². The van der Waals surface area contributed by atoms with E-state index in [0.29, 0.717) is 5.69 Å². The Morgan fingerprint density at radius 2 is 1.89 bits per heavy atom. The van der Waals surface area contributed by atoms with Crippen molar-refractivity contribution in [3.63, 3.8) is 0 Å². The molecule has 1 heterocycles. The fourth-order valence-electron chi connectivity index (χ4n) is 1.86. The molecule has 1 aromatic rings. The lowest BCUT2D eigenvalue weighted by molar-refractivity contribution is -0.384. The SMILES string of the molecule is O=[N+]([O-])c1ccc(N[C@@H]2O[C@H](CO)[C@H](O)[C@H]2O)cc1. The second kappa shape index (κ2) is 5.49. The number of benzene rings is 1. The summed E-state index contributed by atoms with van der Waals surface area (Å²) in [4.78, 5) is 9.98. The first-order chi connectivity index (χ1) is 9.02. The Morgan fingerprint density at radius 1 is 1.26 bits per heavy atom. The highest BCUT2D eigenvalue weighted by Crippen LogP contribution is 2.24. The van der Waals surface area contributed by atoms with Crippen molar-refractivity contribution in [3.8, 4) is 0 Å². The fraction of sp³-hybridized carbons (Fsp3) is 0.455. The van der Waals surface area contributed by atoms with Crippen molar-refractivity contribution in [2.24, 2.45) is 0 Å². The van der Waals surface area contributed by atoms with Gasteiger partial charge in [0.1, 0.15) is 18.3 Å². The van der Waals surface area contributed by atoms with Crippen molar-refractivity contribution in [1.82, 2.24) is 0 Å². The predicted molar refractivity (Wildman–Crippen MR) is 64.5 cm³/mol. The molecule has 0 unspecified atom stereocenters. The number of nitro benzene ring substituents is 1. The maximum atomic E-state index is 10.5. The van der Waals surface area contributed by atoms with Crippen LogP contribution >= 0.6 is 0 Å². The summed E-state index contributed by atoms with van der Waals surface area (Å²) < 4.78 is 5.22. The highest BCUT2D eigenvalue weighted by atomic mass is 16.6. The summed E-state index contributed by atoms with van der Waals surface area (Å²) in [5, 5.41) is 41.5. The minimum absolute atomic E-state index is 0.0493. The van der Waals surface area contributed by atoms with Gasteiger partial charge in [0.05, 0.1) is 11.5 Å². The third-order valence-corrected chi connectivity index (χ3v) is 2.93. The molecule has 1 aliphatic heterocycles. The fourth-order valence-corrected chi connectivity index (χ4v) is 1.86. The molecule has 19 heavy (non-hydrogen) atoms. The van der Waals surface area contributed by atoms with Crippen molar-refractivity contribution < 1.29 is 25.0 Å². The molecule has 2 rings (SSSR count). The van der Waals surface area contributed by atoms with Gasteiger partial charge >= 0.3 is 0 Å². The van der Waals surface area contributed by atoms with Crippen LogP contribution < -0.4 is 5.32 Å². The number of nitrogens with one attached hydrogen (secondary N) is 1. The molecule has 4 N–H and O–H groups in total. The number of hydrogen-bond acceptors (Lipinski definition) is 7. The highest BCUT2D eigenvalue weighted by molar-refractivity contribution is 5.49. The average molecular weight is 270 g/mol. The number of non-ortho nitro benzene ring substituents is 1. The monoisotopic (exact) mass is 270 g/mol. The van der Waals surface area contributed by atoms with Gasteiger partial charge in [-0.2, -0.15) is 0 Å². The number of aliphatic hydroxyl groups excluding tert-OH is 3. The molecule has 8 heteroatoms. The lowest BCUT2D eigenvalue weighted by Crippen LogP contribution is -2.36. The summed E-state index contributed by atoms with van der Waals surface area (Å²) in [5.41, 5.74) is 0.451. The topological polar surface area (TPSA) is 125 Å². The van der Waals surface area contributed by atoms with Crippen molar-refractivity contribution in [2.45, 2.75) is 24.5 Å². The lowest BCUT2D eigenvalue weighted by atomic mass is 10.1. The first-order valence-corrected chi connectivity index (χ1v) is 5.66. The Labute approximate surface area is 108 Å². The Hall–Kier alpha value is -1.74. The summed E-state index contributed by atoms with van der Waals surface area (Å²) in [6.07, 6.45) is -4.10. The van der Waals surface area contributed by atoms with Crippen LogP contribution in [0.25, 0.3) is 0 Å². The molecular formula is C11H14N2O6. The molecule has 1 aliphatic rings. The third kappa shape index (κ3) is 2.82. The van der Waals surface area contributed by atoms with Gasteiger partial charge in [-0.25, -0.2) is 0 Å². The van der Waals surface area contributed by atoms with Gasteiger partial charge in [-0.1, -0.05) is 0 Å². The number of aliphatic hydroxyl groups is 3. The van der Waals surface area contributed by atoms with Crippen molar-refractivity contribution >= 4 is 11.4 Å². The average Bonchev–Trinajstić information content (AvgIpc) is 2.67. The second-order valence-corrected chi connectivity index (χ2v) is 4.21. The molecule has 0 amide bonds. The van der Waals surface area contributed by atoms with Gasteiger partial charge in [-0.15, -0.1) is 0 Å². The van der Waals surface area contributed by atoms with E-state index >= 15 is 0 Å². The molecule has 4 atom stereocenters. The molecule has 0 radical (unpaired) electrons. The molecule has 8 nitrogen and oxygen atoms in total. The minimum atomic E-state index is -1.19. The van der Waals surface area contributed by atoms with Crippen LogP contribution in [-0.4, -0.2) is 51.4 Å². The Balaban J connectivity index is 2.03. The number of nitro groups is 1. The number of rotatable bonds is 4. The van der Waals surface area contributed by atoms with Crippen molar-refractivity contribution in [3.05, 3.63) is 34.4 Å². The van der Waals surface area contributed by atoms with Gasteiger partial charge in [0.15, 0.2) is 6.23 Å². The molecule has 0 spiro atoms. The van der Waals surface area contributed by atoms with E-state index in [9.17, 15) is 20.3 Å². The van der Waals surface area contributed by atoms with Crippen LogP contribution in [0.3, 0.4) is 0 Å². The largest absolute Gasteiger partial charge is 0.394 e. The van der Waals surface area contributed by atoms with Crippen LogP contribution in [0.15, 0.2) is 24.3 Å². The van der Waals surface area contributed by atoms with Crippen LogP contribution in [0, 0.1) is 10.1 Å². The first-order valence-electron chi connectivity index (χ1n) is 5.66. The number of nitrogens with zero attached hydrogens (tertiary/aromatic N) is 1. The first kappa shape index (κ1) is 13.7. The third-order valence-electron chi connectivity index (χ3n) is 2.93. The van der Waals surface area contributed by atoms with Gasteiger partial charge in [0.25, 0.3) is 5.69 Å². The van der Waals surface area contributed by atoms with Crippen molar-refractivity contribution in [1.29, 1.82) is 0 Å². The van der Waals surface area contributed by atoms with Gasteiger partial charge in [-0.3, -0.25) is 10.1 Å². The Kier molecular flexibility index (Phi) is 3.96. The minimum Gasteiger partial charge on any atom is -0.394 e. The van der Waals surface area contributed by atoms with E-state index in [4.69, 9.17) is 9.84 Å². The van der Waals surface area contributed by atoms with E-state index in [1.807, 2.05) is 0 Å². The predicted octanol–water partition coefficient (Wildman–Crippen LogP) is -0.554. The number of ether oxygens (including phenoxy) is 1. The van der Waals surface area contributed by atoms with Gasteiger partial charge in [0.2, 0.25) is 0 Å². The summed E-state index contributed by atoms with van der Waals surface area (Å²) in [7, 11) is 0. The molecule has 0 saturated carbocycles. The summed E-state index contributed by atoms with van der Waals surface area (Å²) >= 11 is 0. The Bertz CT molecular complexity index is 451. The number of anilines is 1. The molecule has 1 saturated heterocycles. The zero-order valence-corrected chi connectivity index (χ0v) is 9.84. The van der Waals surface area contributed by atoms with Gasteiger partial charge in [0, 0.05) is 17.8 Å². The van der Waals surface area contributed by atoms with Crippen molar-refractivity contribution in [2.75, 3.05) is 11.9 Å². The molecule has 1 fully saturated rings. The standard InChI is InChI=1S/C11H14N2O6/c14-5-8-9(15)10(16)11(19-8)12-6-1-3-7(4-2-6)13(17)18/h1-4,8-12,14-16H,5H2/t8-,9+,10-,11-/m1/s1. The molecule has 0 aliphatic carbocycles. The van der Waals surface area contributed by atoms with Gasteiger partial charge in [-0.05, 0) is 12.1 Å². The highest BCUT2D eigenvalue weighted by Gasteiger charge is 2.42. The van der Waals surface area contributed by atoms with Crippen LogP contribution in [0.1, 0.15) is 0 Å². The zero-order valence-electron chi connectivity index (χ0n) is 9.84. The maximum absolute atomic E-state index is 10.5. The zero-order chi connectivity index (χ0) is 14.0. The molecule has 1 aromatic carbocycles. The van der Waals surface area contributed by atoms with Crippen LogP contribution in [0.2, 0.25) is 0 Å². The number of hydrogen-bond donors (Lipinski definition) is 4. The van der Waals surface area contributed by atoms with E-state index in [2.05, 4.69) is 5.32 Å². The molecule has 0 bridgehead atoms. The smallest absolute Gasteiger partial charge is 0.269 e. The quantitative estimate of drug-likeness (QED) is 0.427. The second-order valence-electron chi connectivity index (χ2n) is 4.21. The van der Waals surface area contributed by atoms with E-state index in [1.54, 1.807) is 0 Å². The molecular weight excluding hydrogens is 256 g/mol. The van der Waals surface area contributed by atoms with E-state index in [-0.39, 0.29) is 5.69 Å². The summed E-state index contributed by atoms with van der Waals surface area (Å²) in [6, 6.07) is 5.55. The van der Waals surface area contributed by atoms with E-state index < -0.39 is 36.1 Å². The van der Waals surface area contributed by atoms with E-state index in [0.717, 1.165) is 0 Å². The van der Waals surface area contributed by atoms with E-state index in [1.165, 1.54) is 24.3 Å². The Morgan fingerprint density at radius 3 is 2.37 bits per heavy atom. The molecule has 104 valence electrons. The maximum Gasteiger partial charge on any atom is 0.269 e. The lowest BCUT2D eigenvalue weighted by Gasteiger charge is -2.17. The normalized spacial score (nSPS) is 30.3. The van der Waals surface area contributed by atoms with Crippen LogP contribution in [0.4, 0.5) is 11.4 Å². The summed E-state index contributed by atoms with van der Waals surface area (Å²) in [5.74, 6) is 0. The molecule has 0 aromatic heterocycles. The summed E-state index contributed by atoms with van der Waals surface area (Å²) in [6.45, 7) is -0.406. The van der Waals surface area contributed by atoms with Crippen LogP contribution in [-0.2, 0) is 4.74 Å². The van der Waals surface area contributed by atoms with Crippen LogP contribution in [0.5, 0.6) is 0 Å².